The van der Waals surface area contributed by atoms with Gasteiger partial charge in [-0.2, -0.15) is 13.1 Å². The number of rotatable bonds is 7. The monoisotopic (exact) mass is 456 g/mol. The molecule has 2 aromatic carbocycles. The van der Waals surface area contributed by atoms with Gasteiger partial charge in [0.15, 0.2) is 0 Å². The summed E-state index contributed by atoms with van der Waals surface area (Å²) >= 11 is 0. The minimum Gasteiger partial charge on any atom is -0.497 e. The number of piperazine rings is 1. The number of carbonyl (C=O) groups excluding carboxylic acids is 1. The fraction of sp³-hybridized carbons (Fsp3) is 0.350. The van der Waals surface area contributed by atoms with Gasteiger partial charge in [0, 0.05) is 37.8 Å². The van der Waals surface area contributed by atoms with Crippen molar-refractivity contribution in [2.24, 2.45) is 0 Å². The molecule has 31 heavy (non-hydrogen) atoms. The molecule has 1 amide bonds. The third-order valence-corrected chi connectivity index (χ3v) is 6.76. The van der Waals surface area contributed by atoms with Crippen molar-refractivity contribution in [3.8, 4) is 17.2 Å². The summed E-state index contributed by atoms with van der Waals surface area (Å²) in [6.07, 6.45) is 0. The summed E-state index contributed by atoms with van der Waals surface area (Å²) in [6.45, 7) is -2.39. The number of sulfonamides is 1. The molecule has 0 aromatic heterocycles. The number of ether oxygens (including phenoxy) is 3. The smallest absolute Gasteiger partial charge is 0.387 e. The minimum absolute atomic E-state index is 0.0104. The van der Waals surface area contributed by atoms with Gasteiger partial charge in [0.05, 0.1) is 14.2 Å². The van der Waals surface area contributed by atoms with Crippen LogP contribution < -0.4 is 14.2 Å². The largest absolute Gasteiger partial charge is 0.497 e. The molecule has 3 rings (SSSR count). The Kier molecular flexibility index (Phi) is 6.96. The summed E-state index contributed by atoms with van der Waals surface area (Å²) in [4.78, 5) is 14.2. The Balaban J connectivity index is 1.69. The molecule has 0 unspecified atom stereocenters. The molecule has 168 valence electrons. The lowest BCUT2D eigenvalue weighted by atomic mass is 10.2. The molecule has 11 heteroatoms. The van der Waals surface area contributed by atoms with Crippen LogP contribution >= 0.6 is 0 Å². The van der Waals surface area contributed by atoms with Crippen molar-refractivity contribution in [1.82, 2.24) is 9.21 Å². The normalized spacial score (nSPS) is 15.1. The first-order valence-electron chi connectivity index (χ1n) is 9.32. The van der Waals surface area contributed by atoms with Crippen molar-refractivity contribution < 1.29 is 36.2 Å². The number of hydrogen-bond donors (Lipinski definition) is 0. The molecule has 0 aliphatic carbocycles. The molecule has 0 atom stereocenters. The summed E-state index contributed by atoms with van der Waals surface area (Å²) in [6, 6.07) is 9.88. The molecule has 1 aliphatic heterocycles. The van der Waals surface area contributed by atoms with Gasteiger partial charge in [-0.15, -0.1) is 0 Å². The van der Waals surface area contributed by atoms with Crippen LogP contribution in [0.5, 0.6) is 17.2 Å². The third-order valence-electron chi connectivity index (χ3n) is 4.84. The lowest BCUT2D eigenvalue weighted by Gasteiger charge is -2.34. The highest BCUT2D eigenvalue weighted by atomic mass is 32.2. The quantitative estimate of drug-likeness (QED) is 0.636. The maximum Gasteiger partial charge on any atom is 0.387 e. The van der Waals surface area contributed by atoms with E-state index in [1.807, 2.05) is 0 Å². The second-order valence-electron chi connectivity index (χ2n) is 6.62. The summed E-state index contributed by atoms with van der Waals surface area (Å²) in [5.41, 5.74) is 0.299. The number of amides is 1. The van der Waals surface area contributed by atoms with Crippen LogP contribution in [0.15, 0.2) is 47.4 Å². The zero-order chi connectivity index (χ0) is 22.6. The topological polar surface area (TPSA) is 85.4 Å². The molecule has 2 aromatic rings. The Morgan fingerprint density at radius 2 is 1.55 bits per heavy atom. The van der Waals surface area contributed by atoms with Crippen molar-refractivity contribution in [2.75, 3.05) is 40.4 Å². The predicted molar refractivity (Wildman–Crippen MR) is 107 cm³/mol. The standard InChI is InChI=1S/C20H22F2N2O6S/c1-28-16-7-8-17(29-2)18(13-16)31(26,27)24-11-9-23(10-12-24)19(25)14-3-5-15(6-4-14)30-20(21)22/h3-8,13,20H,9-12H2,1-2H3. The van der Waals surface area contributed by atoms with Gasteiger partial charge in [-0.1, -0.05) is 0 Å². The average molecular weight is 456 g/mol. The van der Waals surface area contributed by atoms with Gasteiger partial charge in [0.2, 0.25) is 10.0 Å². The number of halogens is 2. The zero-order valence-electron chi connectivity index (χ0n) is 17.0. The Labute approximate surface area is 179 Å². The molecule has 0 saturated carbocycles. The van der Waals surface area contributed by atoms with Gasteiger partial charge >= 0.3 is 6.61 Å². The van der Waals surface area contributed by atoms with E-state index >= 15 is 0 Å². The Morgan fingerprint density at radius 1 is 0.935 bits per heavy atom. The zero-order valence-corrected chi connectivity index (χ0v) is 17.8. The molecule has 1 fully saturated rings. The molecule has 0 radical (unpaired) electrons. The van der Waals surface area contributed by atoms with Crippen LogP contribution in [-0.2, 0) is 10.0 Å². The number of carbonyl (C=O) groups is 1. The Bertz CT molecular complexity index is 1020. The Hall–Kier alpha value is -2.92. The van der Waals surface area contributed by atoms with E-state index < -0.39 is 16.6 Å². The molecule has 1 aliphatic rings. The third kappa shape index (κ3) is 5.05. The summed E-state index contributed by atoms with van der Waals surface area (Å²) in [7, 11) is -1.04. The van der Waals surface area contributed by atoms with E-state index in [2.05, 4.69) is 4.74 Å². The minimum atomic E-state index is -3.87. The van der Waals surface area contributed by atoms with Crippen LogP contribution in [-0.4, -0.2) is 70.5 Å². The van der Waals surface area contributed by atoms with E-state index in [1.54, 1.807) is 6.07 Å². The highest BCUT2D eigenvalue weighted by molar-refractivity contribution is 7.89. The van der Waals surface area contributed by atoms with Crippen LogP contribution in [0.3, 0.4) is 0 Å². The fourth-order valence-corrected chi connectivity index (χ4v) is 4.81. The van der Waals surface area contributed by atoms with E-state index in [9.17, 15) is 22.0 Å². The van der Waals surface area contributed by atoms with E-state index in [-0.39, 0.29) is 48.5 Å². The highest BCUT2D eigenvalue weighted by Crippen LogP contribution is 2.31. The van der Waals surface area contributed by atoms with Crippen LogP contribution in [0.1, 0.15) is 10.4 Å². The molecule has 8 nitrogen and oxygen atoms in total. The van der Waals surface area contributed by atoms with Crippen molar-refractivity contribution in [1.29, 1.82) is 0 Å². The van der Waals surface area contributed by atoms with E-state index in [4.69, 9.17) is 9.47 Å². The predicted octanol–water partition coefficient (Wildman–Crippen LogP) is 2.45. The van der Waals surface area contributed by atoms with Crippen LogP contribution in [0.2, 0.25) is 0 Å². The van der Waals surface area contributed by atoms with Crippen LogP contribution in [0, 0.1) is 0 Å². The van der Waals surface area contributed by atoms with E-state index in [0.717, 1.165) is 0 Å². The molecule has 1 saturated heterocycles. The van der Waals surface area contributed by atoms with E-state index in [1.165, 1.54) is 59.8 Å². The molecule has 0 bridgehead atoms. The number of nitrogens with zero attached hydrogens (tertiary/aromatic N) is 2. The maximum absolute atomic E-state index is 13.1. The van der Waals surface area contributed by atoms with Crippen molar-refractivity contribution in [2.45, 2.75) is 11.5 Å². The lowest BCUT2D eigenvalue weighted by Crippen LogP contribution is -2.50. The van der Waals surface area contributed by atoms with Crippen LogP contribution in [0.4, 0.5) is 8.78 Å². The van der Waals surface area contributed by atoms with Crippen molar-refractivity contribution in [3.05, 3.63) is 48.0 Å². The first-order chi connectivity index (χ1) is 14.8. The Morgan fingerprint density at radius 3 is 2.10 bits per heavy atom. The molecular formula is C20H22F2N2O6S. The molecular weight excluding hydrogens is 434 g/mol. The summed E-state index contributed by atoms with van der Waals surface area (Å²) < 4.78 is 66.6. The molecule has 1 heterocycles. The fourth-order valence-electron chi connectivity index (χ4n) is 3.22. The first kappa shape index (κ1) is 22.8. The summed E-state index contributed by atoms with van der Waals surface area (Å²) in [5, 5.41) is 0. The lowest BCUT2D eigenvalue weighted by molar-refractivity contribution is -0.0498. The van der Waals surface area contributed by atoms with Gasteiger partial charge in [-0.3, -0.25) is 4.79 Å². The molecule has 0 spiro atoms. The first-order valence-corrected chi connectivity index (χ1v) is 10.8. The second-order valence-corrected chi connectivity index (χ2v) is 8.52. The van der Waals surface area contributed by atoms with Gasteiger partial charge in [-0.25, -0.2) is 8.42 Å². The second kappa shape index (κ2) is 9.48. The van der Waals surface area contributed by atoms with E-state index in [0.29, 0.717) is 11.3 Å². The summed E-state index contributed by atoms with van der Waals surface area (Å²) in [5.74, 6) is 0.215. The SMILES string of the molecule is COc1ccc(OC)c(S(=O)(=O)N2CCN(C(=O)c3ccc(OC(F)F)cc3)CC2)c1. The van der Waals surface area contributed by atoms with Gasteiger partial charge in [-0.05, 0) is 36.4 Å². The maximum atomic E-state index is 13.1. The number of hydrogen-bond acceptors (Lipinski definition) is 6. The highest BCUT2D eigenvalue weighted by Gasteiger charge is 2.32. The van der Waals surface area contributed by atoms with Crippen molar-refractivity contribution in [3.63, 3.8) is 0 Å². The van der Waals surface area contributed by atoms with Gasteiger partial charge in [0.1, 0.15) is 22.1 Å². The number of methoxy groups -OCH3 is 2. The number of alkyl halides is 2. The number of benzene rings is 2. The van der Waals surface area contributed by atoms with Gasteiger partial charge in [0.25, 0.3) is 5.91 Å². The van der Waals surface area contributed by atoms with Crippen molar-refractivity contribution >= 4 is 15.9 Å². The van der Waals surface area contributed by atoms with Gasteiger partial charge < -0.3 is 19.1 Å². The average Bonchev–Trinajstić information content (AvgIpc) is 2.78. The molecule has 0 N–H and O–H groups in total. The van der Waals surface area contributed by atoms with Crippen LogP contribution in [0.25, 0.3) is 0 Å².